The maximum Gasteiger partial charge on any atom is 0.319 e. The highest BCUT2D eigenvalue weighted by molar-refractivity contribution is 7.91. The van der Waals surface area contributed by atoms with Gasteiger partial charge in [0.1, 0.15) is 0 Å². The Hall–Kier alpha value is -2.80. The Morgan fingerprint density at radius 2 is 1.70 bits per heavy atom. The fourth-order valence-electron chi connectivity index (χ4n) is 3.27. The van der Waals surface area contributed by atoms with Crippen LogP contribution in [-0.4, -0.2) is 31.7 Å². The molecule has 7 heteroatoms. The van der Waals surface area contributed by atoms with Gasteiger partial charge >= 0.3 is 6.03 Å². The van der Waals surface area contributed by atoms with Crippen molar-refractivity contribution in [2.45, 2.75) is 25.7 Å². The monoisotopic (exact) mass is 385 g/mol. The second-order valence-electron chi connectivity index (χ2n) is 6.70. The summed E-state index contributed by atoms with van der Waals surface area (Å²) in [7, 11) is -3.53. The van der Waals surface area contributed by atoms with Crippen molar-refractivity contribution < 1.29 is 13.2 Å². The van der Waals surface area contributed by atoms with Gasteiger partial charge in [0.2, 0.25) is 0 Å². The minimum absolute atomic E-state index is 0.0257. The van der Waals surface area contributed by atoms with Gasteiger partial charge in [-0.15, -0.1) is 0 Å². The summed E-state index contributed by atoms with van der Waals surface area (Å²) < 4.78 is 25.5. The number of carbonyl (C=O) groups excluding carboxylic acids is 1. The number of aryl methyl sites for hydroxylation is 3. The van der Waals surface area contributed by atoms with E-state index in [4.69, 9.17) is 0 Å². The average Bonchev–Trinajstić information content (AvgIpc) is 2.90. The summed E-state index contributed by atoms with van der Waals surface area (Å²) in [6, 6.07) is 12.6. The number of H-pyrrole nitrogens is 1. The highest BCUT2D eigenvalue weighted by atomic mass is 32.2. The zero-order valence-corrected chi connectivity index (χ0v) is 16.4. The van der Waals surface area contributed by atoms with Gasteiger partial charge in [-0.1, -0.05) is 24.3 Å². The number of hydrogen-bond donors (Lipinski definition) is 3. The van der Waals surface area contributed by atoms with Gasteiger partial charge in [-0.2, -0.15) is 0 Å². The Kier molecular flexibility index (Phi) is 5.23. The molecule has 2 aromatic carbocycles. The van der Waals surface area contributed by atoms with E-state index in [1.165, 1.54) is 0 Å². The van der Waals surface area contributed by atoms with Crippen LogP contribution in [0.3, 0.4) is 0 Å². The molecule has 3 N–H and O–H groups in total. The lowest BCUT2D eigenvalue weighted by Crippen LogP contribution is -2.33. The van der Waals surface area contributed by atoms with E-state index < -0.39 is 15.9 Å². The minimum Gasteiger partial charge on any atom is -0.358 e. The Morgan fingerprint density at radius 1 is 1.04 bits per heavy atom. The van der Waals surface area contributed by atoms with Crippen molar-refractivity contribution in [1.82, 2.24) is 10.3 Å². The Balaban J connectivity index is 1.65. The molecule has 142 valence electrons. The zero-order valence-electron chi connectivity index (χ0n) is 15.6. The maximum absolute atomic E-state index is 12.8. The summed E-state index contributed by atoms with van der Waals surface area (Å²) in [6.07, 6.45) is 0. The summed E-state index contributed by atoms with van der Waals surface area (Å²) in [5.41, 5.74) is 4.16. The van der Waals surface area contributed by atoms with Gasteiger partial charge in [-0.05, 0) is 50.1 Å². The summed E-state index contributed by atoms with van der Waals surface area (Å²) in [5, 5.41) is 6.03. The summed E-state index contributed by atoms with van der Waals surface area (Å²) in [6.45, 7) is 5.67. The maximum atomic E-state index is 12.8. The number of hydrogen-bond acceptors (Lipinski definition) is 3. The first-order valence-electron chi connectivity index (χ1n) is 8.69. The van der Waals surface area contributed by atoms with Gasteiger partial charge in [0.25, 0.3) is 0 Å². The van der Waals surface area contributed by atoms with Gasteiger partial charge in [0.05, 0.1) is 10.6 Å². The number of carbonyl (C=O) groups is 1. The normalized spacial score (nSPS) is 11.5. The first-order chi connectivity index (χ1) is 12.8. The van der Waals surface area contributed by atoms with Crippen LogP contribution < -0.4 is 10.6 Å². The van der Waals surface area contributed by atoms with Crippen LogP contribution >= 0.6 is 0 Å². The number of amides is 2. The number of urea groups is 1. The SMILES string of the molecule is Cc1cc(C)cc(NC(=O)NCCS(=O)(=O)c2c(C)[nH]c3ccccc23)c1. The second kappa shape index (κ2) is 7.44. The number of sulfone groups is 1. The molecule has 0 aliphatic carbocycles. The molecule has 1 heterocycles. The number of aromatic nitrogens is 1. The molecule has 0 unspecified atom stereocenters. The van der Waals surface area contributed by atoms with Crippen molar-refractivity contribution >= 4 is 32.5 Å². The molecule has 3 aromatic rings. The third-order valence-electron chi connectivity index (χ3n) is 4.28. The minimum atomic E-state index is -3.53. The lowest BCUT2D eigenvalue weighted by molar-refractivity contribution is 0.252. The number of anilines is 1. The van der Waals surface area contributed by atoms with Crippen LogP contribution in [0, 0.1) is 20.8 Å². The van der Waals surface area contributed by atoms with Gasteiger partial charge in [-0.3, -0.25) is 0 Å². The Bertz CT molecular complexity index is 1080. The van der Waals surface area contributed by atoms with E-state index in [9.17, 15) is 13.2 Å². The fraction of sp³-hybridized carbons (Fsp3) is 0.250. The summed E-state index contributed by atoms with van der Waals surface area (Å²) in [5.74, 6) is -0.171. The van der Waals surface area contributed by atoms with Crippen LogP contribution in [0.5, 0.6) is 0 Å². The molecule has 0 aliphatic heterocycles. The van der Waals surface area contributed by atoms with Crippen molar-refractivity contribution in [3.05, 3.63) is 59.3 Å². The second-order valence-corrected chi connectivity index (χ2v) is 8.75. The molecule has 0 fully saturated rings. The molecule has 1 aromatic heterocycles. The van der Waals surface area contributed by atoms with Gasteiger partial charge < -0.3 is 15.6 Å². The lowest BCUT2D eigenvalue weighted by Gasteiger charge is -2.10. The highest BCUT2D eigenvalue weighted by Crippen LogP contribution is 2.27. The predicted octanol–water partition coefficient (Wildman–Crippen LogP) is 3.69. The van der Waals surface area contributed by atoms with Crippen LogP contribution in [0.2, 0.25) is 0 Å². The molecule has 3 rings (SSSR count). The third-order valence-corrected chi connectivity index (χ3v) is 6.17. The van der Waals surface area contributed by atoms with E-state index in [-0.39, 0.29) is 12.3 Å². The smallest absolute Gasteiger partial charge is 0.319 e. The van der Waals surface area contributed by atoms with Crippen molar-refractivity contribution in [1.29, 1.82) is 0 Å². The van der Waals surface area contributed by atoms with Crippen molar-refractivity contribution in [3.63, 3.8) is 0 Å². The fourth-order valence-corrected chi connectivity index (χ4v) is 4.88. The molecule has 0 saturated heterocycles. The highest BCUT2D eigenvalue weighted by Gasteiger charge is 2.22. The van der Waals surface area contributed by atoms with E-state index >= 15 is 0 Å². The van der Waals surface area contributed by atoms with Crippen LogP contribution in [0.1, 0.15) is 16.8 Å². The van der Waals surface area contributed by atoms with Gasteiger partial charge in [0, 0.05) is 28.8 Å². The molecule has 27 heavy (non-hydrogen) atoms. The van der Waals surface area contributed by atoms with Gasteiger partial charge in [0.15, 0.2) is 9.84 Å². The first kappa shape index (κ1) is 19.0. The third kappa shape index (κ3) is 4.31. The number of para-hydroxylation sites is 1. The molecular formula is C20H23N3O3S. The number of rotatable bonds is 5. The molecule has 0 spiro atoms. The van der Waals surface area contributed by atoms with Crippen LogP contribution in [0.25, 0.3) is 10.9 Å². The zero-order chi connectivity index (χ0) is 19.6. The van der Waals surface area contributed by atoms with Crippen LogP contribution in [0.4, 0.5) is 10.5 Å². The molecule has 0 aliphatic rings. The van der Waals surface area contributed by atoms with E-state index in [2.05, 4.69) is 15.6 Å². The lowest BCUT2D eigenvalue weighted by atomic mass is 10.1. The quantitative estimate of drug-likeness (QED) is 0.625. The van der Waals surface area contributed by atoms with Crippen molar-refractivity contribution in [2.24, 2.45) is 0 Å². The Morgan fingerprint density at radius 3 is 2.41 bits per heavy atom. The standard InChI is InChI=1S/C20H23N3O3S/c1-13-10-14(2)12-16(11-13)23-20(24)21-8-9-27(25,26)19-15(3)22-18-7-5-4-6-17(18)19/h4-7,10-12,22H,8-9H2,1-3H3,(H2,21,23,24). The largest absolute Gasteiger partial charge is 0.358 e. The number of aromatic amines is 1. The average molecular weight is 385 g/mol. The van der Waals surface area contributed by atoms with Crippen LogP contribution in [-0.2, 0) is 9.84 Å². The molecule has 0 atom stereocenters. The Labute approximate surface area is 158 Å². The first-order valence-corrected chi connectivity index (χ1v) is 10.3. The molecule has 0 saturated carbocycles. The predicted molar refractivity (Wildman–Crippen MR) is 108 cm³/mol. The molecule has 2 amide bonds. The van der Waals surface area contributed by atoms with E-state index in [1.54, 1.807) is 13.0 Å². The van der Waals surface area contributed by atoms with Crippen molar-refractivity contribution in [2.75, 3.05) is 17.6 Å². The summed E-state index contributed by atoms with van der Waals surface area (Å²) >= 11 is 0. The topological polar surface area (TPSA) is 91.1 Å². The number of benzene rings is 2. The van der Waals surface area contributed by atoms with Crippen molar-refractivity contribution in [3.8, 4) is 0 Å². The van der Waals surface area contributed by atoms with E-state index in [1.807, 2.05) is 50.2 Å². The summed E-state index contributed by atoms with van der Waals surface area (Å²) in [4.78, 5) is 15.5. The van der Waals surface area contributed by atoms with Gasteiger partial charge in [-0.25, -0.2) is 13.2 Å². The molecule has 6 nitrogen and oxygen atoms in total. The molecule has 0 bridgehead atoms. The van der Waals surface area contributed by atoms with E-state index in [0.29, 0.717) is 21.7 Å². The number of nitrogens with one attached hydrogen (secondary N) is 3. The van der Waals surface area contributed by atoms with E-state index in [0.717, 1.165) is 16.6 Å². The van der Waals surface area contributed by atoms with Crippen LogP contribution in [0.15, 0.2) is 47.4 Å². The number of fused-ring (bicyclic) bond motifs is 1. The molecule has 0 radical (unpaired) electrons. The molecular weight excluding hydrogens is 362 g/mol.